The van der Waals surface area contributed by atoms with Crippen LogP contribution in [0.15, 0.2) is 55.2 Å². The third-order valence-electron chi connectivity index (χ3n) is 8.83. The van der Waals surface area contributed by atoms with Gasteiger partial charge in [-0.2, -0.15) is 9.19 Å². The number of methoxy groups -OCH3 is 1. The van der Waals surface area contributed by atoms with Gasteiger partial charge in [0.2, 0.25) is 0 Å². The maximum absolute atomic E-state index is 12.6. The van der Waals surface area contributed by atoms with Gasteiger partial charge < -0.3 is 25.4 Å². The zero-order valence-electron chi connectivity index (χ0n) is 25.3. The van der Waals surface area contributed by atoms with Crippen LogP contribution >= 0.6 is 0 Å². The summed E-state index contributed by atoms with van der Waals surface area (Å²) < 4.78 is 31.6. The van der Waals surface area contributed by atoms with Crippen molar-refractivity contribution in [2.45, 2.75) is 68.4 Å². The van der Waals surface area contributed by atoms with E-state index >= 15 is 0 Å². The van der Waals surface area contributed by atoms with E-state index in [0.29, 0.717) is 35.9 Å². The molecule has 1 saturated heterocycles. The fourth-order valence-electron chi connectivity index (χ4n) is 5.76. The monoisotopic (exact) mass is 631 g/mol. The summed E-state index contributed by atoms with van der Waals surface area (Å²) in [6.07, 6.45) is 12.9. The number of aliphatic hydroxyl groups is 1. The molecule has 2 saturated carbocycles. The first kappa shape index (κ1) is 29.6. The average molecular weight is 632 g/mol. The minimum atomic E-state index is -3.48. The molecular formula is C31H37N9O4S. The van der Waals surface area contributed by atoms with Crippen LogP contribution in [-0.2, 0) is 14.8 Å². The number of aromatic nitrogens is 6. The SMILES string of the molecule is COC1CN(c2ccc(-c3cnc(Nc4ccnc(-c5cnn(S(=O)(=O)C6CC6)c5)n4)cc3NC3CCC(C)(O)CC3)nc2)C1. The second-order valence-electron chi connectivity index (χ2n) is 12.4. The van der Waals surface area contributed by atoms with Gasteiger partial charge >= 0.3 is 0 Å². The summed E-state index contributed by atoms with van der Waals surface area (Å²) in [6, 6.07) is 7.95. The lowest BCUT2D eigenvalue weighted by Gasteiger charge is -2.39. The summed E-state index contributed by atoms with van der Waals surface area (Å²) in [5, 5.41) is 21.1. The van der Waals surface area contributed by atoms with E-state index in [-0.39, 0.29) is 17.4 Å². The van der Waals surface area contributed by atoms with Gasteiger partial charge in [-0.05, 0) is 63.6 Å². The Morgan fingerprint density at radius 1 is 1.00 bits per heavy atom. The first-order chi connectivity index (χ1) is 21.7. The Morgan fingerprint density at radius 3 is 2.51 bits per heavy atom. The minimum absolute atomic E-state index is 0.194. The molecule has 0 amide bonds. The highest BCUT2D eigenvalue weighted by molar-refractivity contribution is 7.90. The molecule has 236 valence electrons. The number of anilines is 4. The molecule has 7 rings (SSSR count). The molecule has 45 heavy (non-hydrogen) atoms. The van der Waals surface area contributed by atoms with Gasteiger partial charge in [0.05, 0.1) is 52.5 Å². The lowest BCUT2D eigenvalue weighted by molar-refractivity contribution is 0.0196. The Hall–Kier alpha value is -4.14. The van der Waals surface area contributed by atoms with Crippen LogP contribution in [-0.4, -0.2) is 85.8 Å². The van der Waals surface area contributed by atoms with E-state index in [1.54, 1.807) is 25.6 Å². The molecule has 2 aliphatic carbocycles. The van der Waals surface area contributed by atoms with Crippen LogP contribution < -0.4 is 15.5 Å². The van der Waals surface area contributed by atoms with Gasteiger partial charge in [0.25, 0.3) is 10.0 Å². The number of hydrogen-bond donors (Lipinski definition) is 3. The third-order valence-corrected chi connectivity index (χ3v) is 10.9. The predicted molar refractivity (Wildman–Crippen MR) is 171 cm³/mol. The molecular weight excluding hydrogens is 594 g/mol. The summed E-state index contributed by atoms with van der Waals surface area (Å²) in [7, 11) is -1.74. The average Bonchev–Trinajstić information content (AvgIpc) is 3.75. The van der Waals surface area contributed by atoms with Crippen LogP contribution in [0.2, 0.25) is 0 Å². The van der Waals surface area contributed by atoms with Gasteiger partial charge in [-0.15, -0.1) is 0 Å². The normalized spacial score (nSPS) is 22.2. The quantitative estimate of drug-likeness (QED) is 0.233. The van der Waals surface area contributed by atoms with E-state index in [2.05, 4.69) is 41.7 Å². The van der Waals surface area contributed by atoms with E-state index in [4.69, 9.17) is 9.72 Å². The number of hydrogen-bond acceptors (Lipinski definition) is 12. The van der Waals surface area contributed by atoms with Crippen molar-refractivity contribution in [3.8, 4) is 22.6 Å². The van der Waals surface area contributed by atoms with E-state index in [9.17, 15) is 13.5 Å². The van der Waals surface area contributed by atoms with Crippen molar-refractivity contribution >= 4 is 33.0 Å². The molecule has 3 aliphatic rings. The van der Waals surface area contributed by atoms with Crippen molar-refractivity contribution < 1.29 is 18.3 Å². The largest absolute Gasteiger partial charge is 0.390 e. The Kier molecular flexibility index (Phi) is 7.66. The molecule has 0 aromatic carbocycles. The highest BCUT2D eigenvalue weighted by atomic mass is 32.2. The van der Waals surface area contributed by atoms with Gasteiger partial charge in [0, 0.05) is 56.0 Å². The number of nitrogens with zero attached hydrogens (tertiary/aromatic N) is 7. The standard InChI is InChI=1S/C31H37N9O4S/c1-31(41)10-7-21(8-11-31)36-27-13-29(34-16-25(27)26-6-3-22(15-33-26)39-18-23(19-39)44-2)37-28-9-12-32-30(38-28)20-14-35-40(17-20)45(42,43)24-4-5-24/h3,6,9,12-17,21,23-24,41H,4-5,7-8,10-11,18-19H2,1-2H3,(H2,32,34,36,37,38). The van der Waals surface area contributed by atoms with E-state index in [0.717, 1.165) is 65.5 Å². The molecule has 0 spiro atoms. The summed E-state index contributed by atoms with van der Waals surface area (Å²) in [4.78, 5) is 20.6. The molecule has 4 aromatic rings. The second kappa shape index (κ2) is 11.7. The highest BCUT2D eigenvalue weighted by Crippen LogP contribution is 2.35. The van der Waals surface area contributed by atoms with Crippen LogP contribution in [0, 0.1) is 0 Å². The molecule has 0 bridgehead atoms. The molecule has 3 fully saturated rings. The molecule has 1 aliphatic heterocycles. The second-order valence-corrected chi connectivity index (χ2v) is 14.5. The van der Waals surface area contributed by atoms with Crippen LogP contribution in [0.5, 0.6) is 0 Å². The molecule has 5 heterocycles. The van der Waals surface area contributed by atoms with Crippen molar-refractivity contribution in [3.05, 3.63) is 55.2 Å². The molecule has 4 aromatic heterocycles. The summed E-state index contributed by atoms with van der Waals surface area (Å²) in [6.45, 7) is 3.60. The number of ether oxygens (including phenoxy) is 1. The topological polar surface area (TPSA) is 160 Å². The van der Waals surface area contributed by atoms with Gasteiger partial charge in [-0.1, -0.05) is 0 Å². The fourth-order valence-corrected chi connectivity index (χ4v) is 7.23. The smallest absolute Gasteiger partial charge is 0.256 e. The Morgan fingerprint density at radius 2 is 1.80 bits per heavy atom. The lowest BCUT2D eigenvalue weighted by atomic mass is 9.83. The summed E-state index contributed by atoms with van der Waals surface area (Å²) >= 11 is 0. The van der Waals surface area contributed by atoms with Crippen LogP contribution in [0.4, 0.5) is 23.0 Å². The van der Waals surface area contributed by atoms with Gasteiger partial charge in [-0.3, -0.25) is 4.98 Å². The van der Waals surface area contributed by atoms with Crippen molar-refractivity contribution in [3.63, 3.8) is 0 Å². The molecule has 3 N–H and O–H groups in total. The van der Waals surface area contributed by atoms with Crippen molar-refractivity contribution in [1.29, 1.82) is 0 Å². The summed E-state index contributed by atoms with van der Waals surface area (Å²) in [5.41, 5.74) is 3.48. The van der Waals surface area contributed by atoms with E-state index in [1.165, 1.54) is 12.4 Å². The van der Waals surface area contributed by atoms with Gasteiger partial charge in [0.1, 0.15) is 11.6 Å². The van der Waals surface area contributed by atoms with Gasteiger partial charge in [-0.25, -0.2) is 23.4 Å². The zero-order valence-corrected chi connectivity index (χ0v) is 26.1. The van der Waals surface area contributed by atoms with Crippen molar-refractivity contribution in [2.24, 2.45) is 0 Å². The Labute approximate surface area is 262 Å². The third kappa shape index (κ3) is 6.35. The lowest BCUT2D eigenvalue weighted by Crippen LogP contribution is -2.51. The predicted octanol–water partition coefficient (Wildman–Crippen LogP) is 3.82. The Bertz CT molecular complexity index is 1770. The number of nitrogens with one attached hydrogen (secondary N) is 2. The molecule has 14 heteroatoms. The van der Waals surface area contributed by atoms with Crippen LogP contribution in [0.25, 0.3) is 22.6 Å². The first-order valence-electron chi connectivity index (χ1n) is 15.3. The molecule has 0 unspecified atom stereocenters. The number of pyridine rings is 2. The fraction of sp³-hybridized carbons (Fsp3) is 0.452. The van der Waals surface area contributed by atoms with Crippen LogP contribution in [0.3, 0.4) is 0 Å². The molecule has 0 radical (unpaired) electrons. The first-order valence-corrected chi connectivity index (χ1v) is 16.8. The molecule has 13 nitrogen and oxygen atoms in total. The van der Waals surface area contributed by atoms with Gasteiger partial charge in [0.15, 0.2) is 5.82 Å². The highest BCUT2D eigenvalue weighted by Gasteiger charge is 2.38. The maximum Gasteiger partial charge on any atom is 0.256 e. The number of rotatable bonds is 10. The van der Waals surface area contributed by atoms with Crippen molar-refractivity contribution in [1.82, 2.24) is 29.1 Å². The zero-order chi connectivity index (χ0) is 31.2. The molecule has 0 atom stereocenters. The minimum Gasteiger partial charge on any atom is -0.390 e. The van der Waals surface area contributed by atoms with Crippen LogP contribution in [0.1, 0.15) is 45.4 Å². The maximum atomic E-state index is 12.6. The van der Waals surface area contributed by atoms with E-state index in [1.807, 2.05) is 25.3 Å². The summed E-state index contributed by atoms with van der Waals surface area (Å²) in [5.74, 6) is 1.43. The Balaban J connectivity index is 1.13. The van der Waals surface area contributed by atoms with E-state index < -0.39 is 15.6 Å². The van der Waals surface area contributed by atoms with Crippen molar-refractivity contribution in [2.75, 3.05) is 35.7 Å².